The average molecular weight is 409 g/mol. The van der Waals surface area contributed by atoms with Crippen LogP contribution in [0.4, 0.5) is 5.69 Å². The van der Waals surface area contributed by atoms with Gasteiger partial charge in [-0.05, 0) is 43.3 Å². The maximum atomic E-state index is 12.6. The molecule has 2 aromatic rings. The van der Waals surface area contributed by atoms with Crippen molar-refractivity contribution < 1.29 is 18.0 Å². The summed E-state index contributed by atoms with van der Waals surface area (Å²) in [5.41, 5.74) is 0.595. The van der Waals surface area contributed by atoms with Crippen molar-refractivity contribution >= 4 is 43.5 Å². The maximum Gasteiger partial charge on any atom is 0.269 e. The zero-order valence-electron chi connectivity index (χ0n) is 12.6. The first-order chi connectivity index (χ1) is 11.3. The summed E-state index contributed by atoms with van der Waals surface area (Å²) in [5.74, 6) is -1.27. The van der Waals surface area contributed by atoms with Gasteiger partial charge in [-0.2, -0.15) is 0 Å². The summed E-state index contributed by atoms with van der Waals surface area (Å²) >= 11 is 3.29. The molecule has 1 heterocycles. The van der Waals surface area contributed by atoms with E-state index in [-0.39, 0.29) is 10.5 Å². The van der Waals surface area contributed by atoms with Gasteiger partial charge in [0.2, 0.25) is 5.91 Å². The molecule has 3 rings (SSSR count). The van der Waals surface area contributed by atoms with E-state index in [0.29, 0.717) is 9.99 Å². The minimum absolute atomic E-state index is 0.0710. The van der Waals surface area contributed by atoms with Crippen molar-refractivity contribution in [3.63, 3.8) is 0 Å². The molecule has 0 radical (unpaired) electrons. The Balaban J connectivity index is 1.87. The summed E-state index contributed by atoms with van der Waals surface area (Å²) in [6.45, 7) is 1.38. The molecule has 1 aliphatic rings. The topological polar surface area (TPSA) is 83.6 Å². The van der Waals surface area contributed by atoms with Crippen LogP contribution < -0.4 is 5.32 Å². The van der Waals surface area contributed by atoms with E-state index in [2.05, 4.69) is 21.2 Å². The quantitative estimate of drug-likeness (QED) is 0.845. The van der Waals surface area contributed by atoms with Gasteiger partial charge in [-0.3, -0.25) is 9.59 Å². The van der Waals surface area contributed by atoms with Crippen molar-refractivity contribution in [2.45, 2.75) is 17.9 Å². The van der Waals surface area contributed by atoms with E-state index in [9.17, 15) is 18.0 Å². The fraction of sp³-hybridized carbons (Fsp3) is 0.125. The molecule has 0 bridgehead atoms. The zero-order valence-corrected chi connectivity index (χ0v) is 15.0. The molecular formula is C16H13BrN2O4S. The molecule has 124 valence electrons. The van der Waals surface area contributed by atoms with Gasteiger partial charge in [-0.25, -0.2) is 12.7 Å². The first-order valence-electron chi connectivity index (χ1n) is 7.06. The molecule has 2 amide bonds. The van der Waals surface area contributed by atoms with Crippen LogP contribution in [0.25, 0.3) is 0 Å². The molecule has 0 saturated carbocycles. The lowest BCUT2D eigenvalue weighted by molar-refractivity contribution is -0.118. The highest BCUT2D eigenvalue weighted by atomic mass is 79.9. The third kappa shape index (κ3) is 2.71. The molecule has 6 nitrogen and oxygen atoms in total. The van der Waals surface area contributed by atoms with Gasteiger partial charge < -0.3 is 5.32 Å². The van der Waals surface area contributed by atoms with Crippen molar-refractivity contribution in [3.8, 4) is 0 Å². The van der Waals surface area contributed by atoms with Gasteiger partial charge in [0.15, 0.2) is 0 Å². The number of nitrogens with zero attached hydrogens (tertiary/aromatic N) is 1. The highest BCUT2D eigenvalue weighted by Gasteiger charge is 2.45. The molecular weight excluding hydrogens is 396 g/mol. The van der Waals surface area contributed by atoms with E-state index in [1.54, 1.807) is 36.4 Å². The monoisotopic (exact) mass is 408 g/mol. The largest absolute Gasteiger partial charge is 0.324 e. The van der Waals surface area contributed by atoms with E-state index in [0.717, 1.165) is 4.47 Å². The number of anilines is 1. The van der Waals surface area contributed by atoms with Crippen molar-refractivity contribution in [3.05, 3.63) is 58.6 Å². The second-order valence-corrected chi connectivity index (χ2v) is 7.97. The number of carbonyl (C=O) groups excluding carboxylic acids is 2. The van der Waals surface area contributed by atoms with Gasteiger partial charge in [0, 0.05) is 10.2 Å². The molecule has 24 heavy (non-hydrogen) atoms. The van der Waals surface area contributed by atoms with E-state index in [1.165, 1.54) is 19.1 Å². The Hall–Kier alpha value is -2.19. The lowest BCUT2D eigenvalue weighted by atomic mass is 10.2. The number of benzene rings is 2. The number of rotatable bonds is 3. The van der Waals surface area contributed by atoms with Crippen LogP contribution >= 0.6 is 15.9 Å². The van der Waals surface area contributed by atoms with E-state index in [1.807, 2.05) is 0 Å². The molecule has 1 atom stereocenters. The Morgan fingerprint density at radius 2 is 1.75 bits per heavy atom. The molecule has 0 saturated heterocycles. The number of sulfonamides is 1. The van der Waals surface area contributed by atoms with Crippen LogP contribution in [0.3, 0.4) is 0 Å². The smallest absolute Gasteiger partial charge is 0.269 e. The minimum atomic E-state index is -4.02. The predicted molar refractivity (Wildman–Crippen MR) is 92.0 cm³/mol. The summed E-state index contributed by atoms with van der Waals surface area (Å²) in [6.07, 6.45) is 0. The second-order valence-electron chi connectivity index (χ2n) is 5.27. The SMILES string of the molecule is C[C@H](C(=O)Nc1ccc(Br)cc1)N1C(=O)c2ccccc2S1(=O)=O. The molecule has 0 unspecified atom stereocenters. The third-order valence-corrected chi connectivity index (χ3v) is 6.14. The lowest BCUT2D eigenvalue weighted by Gasteiger charge is -2.22. The highest BCUT2D eigenvalue weighted by Crippen LogP contribution is 2.31. The Morgan fingerprint density at radius 3 is 2.38 bits per heavy atom. The highest BCUT2D eigenvalue weighted by molar-refractivity contribution is 9.10. The number of hydrogen-bond acceptors (Lipinski definition) is 4. The summed E-state index contributed by atoms with van der Waals surface area (Å²) in [5, 5.41) is 2.61. The number of amides is 2. The first-order valence-corrected chi connectivity index (χ1v) is 9.30. The van der Waals surface area contributed by atoms with Gasteiger partial charge in [-0.15, -0.1) is 0 Å². The number of nitrogens with one attached hydrogen (secondary N) is 1. The molecule has 0 spiro atoms. The van der Waals surface area contributed by atoms with Gasteiger partial charge >= 0.3 is 0 Å². The third-order valence-electron chi connectivity index (χ3n) is 3.70. The standard InChI is InChI=1S/C16H13BrN2O4S/c1-10(15(20)18-12-8-6-11(17)7-9-12)19-16(21)13-4-2-3-5-14(13)24(19,22)23/h2-10H,1H3,(H,18,20)/t10-/m1/s1. The van der Waals surface area contributed by atoms with Crippen LogP contribution in [-0.4, -0.2) is 30.6 Å². The molecule has 1 aliphatic heterocycles. The Labute approximate surface area is 147 Å². The van der Waals surface area contributed by atoms with Gasteiger partial charge in [0.1, 0.15) is 10.9 Å². The van der Waals surface area contributed by atoms with Crippen molar-refractivity contribution in [1.82, 2.24) is 4.31 Å². The number of carbonyl (C=O) groups is 2. The van der Waals surface area contributed by atoms with Crippen LogP contribution in [0.2, 0.25) is 0 Å². The number of halogens is 1. The normalized spacial score (nSPS) is 16.6. The molecule has 0 fully saturated rings. The van der Waals surface area contributed by atoms with Gasteiger partial charge in [0.25, 0.3) is 15.9 Å². The molecule has 2 aromatic carbocycles. The molecule has 0 aromatic heterocycles. The Bertz CT molecular complexity index is 925. The molecule has 8 heteroatoms. The Morgan fingerprint density at radius 1 is 1.12 bits per heavy atom. The van der Waals surface area contributed by atoms with Gasteiger partial charge in [-0.1, -0.05) is 28.1 Å². The van der Waals surface area contributed by atoms with Crippen molar-refractivity contribution in [2.24, 2.45) is 0 Å². The van der Waals surface area contributed by atoms with Crippen LogP contribution in [0.5, 0.6) is 0 Å². The molecule has 0 aliphatic carbocycles. The Kier molecular flexibility index (Phi) is 4.18. The number of hydrogen-bond donors (Lipinski definition) is 1. The summed E-state index contributed by atoms with van der Waals surface area (Å²) in [6, 6.07) is 11.6. The minimum Gasteiger partial charge on any atom is -0.324 e. The van der Waals surface area contributed by atoms with E-state index < -0.39 is 27.9 Å². The van der Waals surface area contributed by atoms with Crippen LogP contribution in [0.1, 0.15) is 17.3 Å². The fourth-order valence-corrected chi connectivity index (χ4v) is 4.46. The summed E-state index contributed by atoms with van der Waals surface area (Å²) in [4.78, 5) is 24.7. The number of fused-ring (bicyclic) bond motifs is 1. The predicted octanol–water partition coefficient (Wildman–Crippen LogP) is 2.62. The van der Waals surface area contributed by atoms with Crippen molar-refractivity contribution in [1.29, 1.82) is 0 Å². The lowest BCUT2D eigenvalue weighted by Crippen LogP contribution is -2.45. The average Bonchev–Trinajstić information content (AvgIpc) is 2.76. The molecule has 1 N–H and O–H groups in total. The van der Waals surface area contributed by atoms with Crippen molar-refractivity contribution in [2.75, 3.05) is 5.32 Å². The van der Waals surface area contributed by atoms with E-state index in [4.69, 9.17) is 0 Å². The van der Waals surface area contributed by atoms with Crippen LogP contribution in [0.15, 0.2) is 57.9 Å². The van der Waals surface area contributed by atoms with Crippen LogP contribution in [0, 0.1) is 0 Å². The van der Waals surface area contributed by atoms with Crippen LogP contribution in [-0.2, 0) is 14.8 Å². The van der Waals surface area contributed by atoms with E-state index >= 15 is 0 Å². The zero-order chi connectivity index (χ0) is 17.5. The maximum absolute atomic E-state index is 12.6. The summed E-state index contributed by atoms with van der Waals surface area (Å²) in [7, 11) is -4.02. The second kappa shape index (κ2) is 6.03. The first kappa shape index (κ1) is 16.7. The fourth-order valence-electron chi connectivity index (χ4n) is 2.47. The summed E-state index contributed by atoms with van der Waals surface area (Å²) < 4.78 is 26.6. The van der Waals surface area contributed by atoms with Gasteiger partial charge in [0.05, 0.1) is 5.56 Å².